The van der Waals surface area contributed by atoms with Gasteiger partial charge in [-0.2, -0.15) is 5.10 Å². The summed E-state index contributed by atoms with van der Waals surface area (Å²) in [5.74, 6) is -0.330. The highest BCUT2D eigenvalue weighted by Gasteiger charge is 2.35. The third-order valence-electron chi connectivity index (χ3n) is 3.12. The summed E-state index contributed by atoms with van der Waals surface area (Å²) < 4.78 is 6.84. The number of fused-ring (bicyclic) bond motifs is 1. The fourth-order valence-electron chi connectivity index (χ4n) is 2.53. The number of nitrogens with one attached hydrogen (secondary N) is 1. The van der Waals surface area contributed by atoms with Crippen molar-refractivity contribution in [3.8, 4) is 0 Å². The van der Waals surface area contributed by atoms with Crippen molar-refractivity contribution in [1.29, 1.82) is 0 Å². The molecule has 0 aromatic carbocycles. The molecule has 0 atom stereocenters. The fraction of sp³-hybridized carbons (Fsp3) is 0.667. The van der Waals surface area contributed by atoms with Crippen LogP contribution in [-0.2, 0) is 23.7 Å². The average molecular weight is 237 g/mol. The first-order valence-electron chi connectivity index (χ1n) is 5.91. The zero-order chi connectivity index (χ0) is 12.6. The summed E-state index contributed by atoms with van der Waals surface area (Å²) in [6.07, 6.45) is 0. The molecule has 1 aromatic heterocycles. The van der Waals surface area contributed by atoms with Crippen molar-refractivity contribution < 1.29 is 9.53 Å². The van der Waals surface area contributed by atoms with E-state index in [2.05, 4.69) is 24.3 Å². The van der Waals surface area contributed by atoms with Crippen LogP contribution in [0.3, 0.4) is 0 Å². The summed E-state index contributed by atoms with van der Waals surface area (Å²) in [7, 11) is 1.88. The van der Waals surface area contributed by atoms with Crippen LogP contribution in [0.25, 0.3) is 0 Å². The highest BCUT2D eigenvalue weighted by Crippen LogP contribution is 2.31. The molecular weight excluding hydrogens is 218 g/mol. The van der Waals surface area contributed by atoms with E-state index in [9.17, 15) is 4.79 Å². The Morgan fingerprint density at radius 1 is 1.59 bits per heavy atom. The normalized spacial score (nSPS) is 17.6. The van der Waals surface area contributed by atoms with E-state index in [-0.39, 0.29) is 11.4 Å². The van der Waals surface area contributed by atoms with Crippen LogP contribution in [0.1, 0.15) is 42.5 Å². The van der Waals surface area contributed by atoms with Gasteiger partial charge in [-0.25, -0.2) is 4.79 Å². The minimum atomic E-state index is -0.330. The fourth-order valence-corrected chi connectivity index (χ4v) is 2.53. The first kappa shape index (κ1) is 12.1. The second kappa shape index (κ2) is 4.14. The van der Waals surface area contributed by atoms with Gasteiger partial charge in [0.1, 0.15) is 0 Å². The summed E-state index contributed by atoms with van der Waals surface area (Å²) in [5, 5.41) is 7.63. The predicted octanol–water partition coefficient (Wildman–Crippen LogP) is 0.978. The lowest BCUT2D eigenvalue weighted by Gasteiger charge is -2.31. The predicted molar refractivity (Wildman–Crippen MR) is 63.9 cm³/mol. The van der Waals surface area contributed by atoms with Crippen LogP contribution in [0.4, 0.5) is 0 Å². The van der Waals surface area contributed by atoms with E-state index in [1.807, 2.05) is 11.7 Å². The highest BCUT2D eigenvalue weighted by molar-refractivity contribution is 5.89. The number of aromatic nitrogens is 2. The van der Waals surface area contributed by atoms with Gasteiger partial charge in [0.25, 0.3) is 0 Å². The molecule has 0 saturated heterocycles. The molecule has 94 valence electrons. The molecule has 1 aliphatic rings. The van der Waals surface area contributed by atoms with Crippen LogP contribution in [0.2, 0.25) is 0 Å². The quantitative estimate of drug-likeness (QED) is 0.779. The van der Waals surface area contributed by atoms with Crippen LogP contribution in [0.5, 0.6) is 0 Å². The molecule has 5 heteroatoms. The molecule has 2 heterocycles. The van der Waals surface area contributed by atoms with Gasteiger partial charge < -0.3 is 10.1 Å². The number of carbonyl (C=O) groups excluding carboxylic acids is 1. The van der Waals surface area contributed by atoms with Crippen molar-refractivity contribution in [2.24, 2.45) is 7.05 Å². The van der Waals surface area contributed by atoms with Crippen molar-refractivity contribution in [3.63, 3.8) is 0 Å². The molecule has 0 spiro atoms. The van der Waals surface area contributed by atoms with E-state index in [4.69, 9.17) is 4.74 Å². The Bertz CT molecular complexity index is 449. The number of nitrogens with zero attached hydrogens (tertiary/aromatic N) is 2. The van der Waals surface area contributed by atoms with Crippen LogP contribution in [-0.4, -0.2) is 28.9 Å². The molecule has 2 rings (SSSR count). The van der Waals surface area contributed by atoms with E-state index >= 15 is 0 Å². The van der Waals surface area contributed by atoms with Crippen LogP contribution in [0, 0.1) is 0 Å². The maximum atomic E-state index is 11.8. The number of rotatable bonds is 2. The monoisotopic (exact) mass is 237 g/mol. The van der Waals surface area contributed by atoms with Crippen LogP contribution >= 0.6 is 0 Å². The zero-order valence-corrected chi connectivity index (χ0v) is 10.8. The van der Waals surface area contributed by atoms with Crippen molar-refractivity contribution in [2.75, 3.05) is 13.2 Å². The number of aryl methyl sites for hydroxylation is 1. The maximum Gasteiger partial charge on any atom is 0.359 e. The molecule has 0 amide bonds. The summed E-state index contributed by atoms with van der Waals surface area (Å²) in [4.78, 5) is 11.8. The second-order valence-electron chi connectivity index (χ2n) is 5.01. The Kier molecular flexibility index (Phi) is 2.95. The van der Waals surface area contributed by atoms with Crippen LogP contribution < -0.4 is 5.32 Å². The molecule has 0 saturated carbocycles. The Labute approximate surface area is 101 Å². The molecule has 0 bridgehead atoms. The Morgan fingerprint density at radius 3 is 2.94 bits per heavy atom. The molecule has 0 unspecified atom stereocenters. The minimum absolute atomic E-state index is 0.0138. The van der Waals surface area contributed by atoms with Gasteiger partial charge in [0.2, 0.25) is 0 Å². The van der Waals surface area contributed by atoms with Gasteiger partial charge in [-0.15, -0.1) is 0 Å². The minimum Gasteiger partial charge on any atom is -0.461 e. The van der Waals surface area contributed by atoms with Gasteiger partial charge in [-0.05, 0) is 6.92 Å². The van der Waals surface area contributed by atoms with Crippen molar-refractivity contribution in [2.45, 2.75) is 32.7 Å². The van der Waals surface area contributed by atoms with Crippen molar-refractivity contribution >= 4 is 5.97 Å². The van der Waals surface area contributed by atoms with Gasteiger partial charge in [0, 0.05) is 31.1 Å². The molecule has 0 aliphatic carbocycles. The number of carbonyl (C=O) groups is 1. The van der Waals surface area contributed by atoms with Gasteiger partial charge in [-0.1, -0.05) is 13.8 Å². The second-order valence-corrected chi connectivity index (χ2v) is 5.01. The Morgan fingerprint density at radius 2 is 2.29 bits per heavy atom. The molecule has 1 aromatic rings. The van der Waals surface area contributed by atoms with Crippen LogP contribution in [0.15, 0.2) is 0 Å². The molecule has 1 aliphatic heterocycles. The molecular formula is C12H19N3O2. The lowest BCUT2D eigenvalue weighted by molar-refractivity contribution is 0.0517. The Hall–Kier alpha value is -1.36. The summed E-state index contributed by atoms with van der Waals surface area (Å²) in [6.45, 7) is 8.04. The molecule has 5 nitrogen and oxygen atoms in total. The first-order valence-corrected chi connectivity index (χ1v) is 5.91. The summed E-state index contributed by atoms with van der Waals surface area (Å²) >= 11 is 0. The van der Waals surface area contributed by atoms with Gasteiger partial charge in [0.15, 0.2) is 5.69 Å². The molecule has 1 N–H and O–H groups in total. The number of ether oxygens (including phenoxy) is 1. The SMILES string of the molecule is CCOC(=O)c1nn(C)c2c1CNCC2(C)C. The van der Waals surface area contributed by atoms with Gasteiger partial charge >= 0.3 is 5.97 Å². The van der Waals surface area contributed by atoms with E-state index in [1.165, 1.54) is 0 Å². The first-order chi connectivity index (χ1) is 7.97. The molecule has 0 fully saturated rings. The van der Waals surface area contributed by atoms with Crippen molar-refractivity contribution in [1.82, 2.24) is 15.1 Å². The Balaban J connectivity index is 2.48. The third kappa shape index (κ3) is 1.95. The highest BCUT2D eigenvalue weighted by atomic mass is 16.5. The van der Waals surface area contributed by atoms with Gasteiger partial charge in [0.05, 0.1) is 12.3 Å². The standard InChI is InChI=1S/C12H19N3O2/c1-5-17-11(16)9-8-6-13-7-12(2,3)10(8)15(4)14-9/h13H,5-7H2,1-4H3. The average Bonchev–Trinajstić information content (AvgIpc) is 2.57. The topological polar surface area (TPSA) is 56.1 Å². The summed E-state index contributed by atoms with van der Waals surface area (Å²) in [5.41, 5.74) is 2.53. The van der Waals surface area contributed by atoms with E-state index < -0.39 is 0 Å². The van der Waals surface area contributed by atoms with E-state index in [1.54, 1.807) is 6.92 Å². The summed E-state index contributed by atoms with van der Waals surface area (Å²) in [6, 6.07) is 0. The molecule has 17 heavy (non-hydrogen) atoms. The third-order valence-corrected chi connectivity index (χ3v) is 3.12. The zero-order valence-electron chi connectivity index (χ0n) is 10.8. The molecule has 0 radical (unpaired) electrons. The van der Waals surface area contributed by atoms with Gasteiger partial charge in [-0.3, -0.25) is 4.68 Å². The number of esters is 1. The van der Waals surface area contributed by atoms with Crippen molar-refractivity contribution in [3.05, 3.63) is 17.0 Å². The smallest absolute Gasteiger partial charge is 0.359 e. The largest absolute Gasteiger partial charge is 0.461 e. The number of hydrogen-bond acceptors (Lipinski definition) is 4. The lowest BCUT2D eigenvalue weighted by atomic mass is 9.83. The van der Waals surface area contributed by atoms with E-state index in [0.717, 1.165) is 17.8 Å². The maximum absolute atomic E-state index is 11.8. The number of hydrogen-bond donors (Lipinski definition) is 1. The lowest BCUT2D eigenvalue weighted by Crippen LogP contribution is -2.40. The van der Waals surface area contributed by atoms with E-state index in [0.29, 0.717) is 18.8 Å².